The van der Waals surface area contributed by atoms with Gasteiger partial charge in [0.15, 0.2) is 0 Å². The number of hydrogen-bond donors (Lipinski definition) is 0. The van der Waals surface area contributed by atoms with E-state index >= 15 is 0 Å². The lowest BCUT2D eigenvalue weighted by Gasteiger charge is -2.64. The summed E-state index contributed by atoms with van der Waals surface area (Å²) in [5.74, 6) is -2.29. The molecule has 0 unspecified atom stereocenters. The van der Waals surface area contributed by atoms with Crippen molar-refractivity contribution in [3.63, 3.8) is 0 Å². The minimum absolute atomic E-state index is 0.0213. The SMILES string of the molecule is CC(=O)O[C@@H]1[C@@H]2C=C3[C@@H]4CC(=O)O[C@@H](c5ccoc5)[C@]4(C)CC[C@@H]3[C@@](C)(C2=O)[C@H]2CC(=O)OC[C@]12C. The van der Waals surface area contributed by atoms with Gasteiger partial charge in [-0.15, -0.1) is 0 Å². The van der Waals surface area contributed by atoms with Crippen LogP contribution in [0, 0.1) is 39.9 Å². The van der Waals surface area contributed by atoms with Crippen LogP contribution in [0.5, 0.6) is 0 Å². The molecule has 2 aliphatic heterocycles. The van der Waals surface area contributed by atoms with E-state index in [2.05, 4.69) is 6.92 Å². The van der Waals surface area contributed by atoms with Gasteiger partial charge in [-0.05, 0) is 36.7 Å². The van der Waals surface area contributed by atoms with Gasteiger partial charge >= 0.3 is 17.9 Å². The molecular formula is C28H32O8. The van der Waals surface area contributed by atoms with Crippen LogP contribution in [0.15, 0.2) is 34.7 Å². The molecule has 8 heteroatoms. The molecule has 2 bridgehead atoms. The number of cyclic esters (lactones) is 2. The maximum atomic E-state index is 14.1. The Hall–Kier alpha value is -2.90. The first-order valence-corrected chi connectivity index (χ1v) is 12.8. The van der Waals surface area contributed by atoms with E-state index in [1.54, 1.807) is 12.5 Å². The van der Waals surface area contributed by atoms with E-state index in [-0.39, 0.29) is 60.3 Å². The van der Waals surface area contributed by atoms with Crippen LogP contribution in [0.2, 0.25) is 0 Å². The molecule has 0 radical (unpaired) electrons. The highest BCUT2D eigenvalue weighted by Gasteiger charge is 2.71. The Balaban J connectivity index is 1.51. The van der Waals surface area contributed by atoms with Gasteiger partial charge in [0.2, 0.25) is 0 Å². The van der Waals surface area contributed by atoms with Crippen molar-refractivity contribution < 1.29 is 37.8 Å². The van der Waals surface area contributed by atoms with Crippen molar-refractivity contribution in [3.8, 4) is 0 Å². The molecule has 0 N–H and O–H groups in total. The summed E-state index contributed by atoms with van der Waals surface area (Å²) in [6, 6.07) is 1.84. The number of allylic oxidation sites excluding steroid dienone is 1. The highest BCUT2D eigenvalue weighted by Crippen LogP contribution is 2.68. The summed E-state index contributed by atoms with van der Waals surface area (Å²) in [5, 5.41) is 0. The summed E-state index contributed by atoms with van der Waals surface area (Å²) in [4.78, 5) is 51.7. The molecule has 3 aliphatic carbocycles. The fourth-order valence-electron chi connectivity index (χ4n) is 8.54. The average molecular weight is 497 g/mol. The smallest absolute Gasteiger partial charge is 0.307 e. The average Bonchev–Trinajstić information content (AvgIpc) is 3.35. The minimum atomic E-state index is -0.826. The van der Waals surface area contributed by atoms with E-state index in [4.69, 9.17) is 18.6 Å². The van der Waals surface area contributed by atoms with Crippen molar-refractivity contribution in [3.05, 3.63) is 35.8 Å². The first-order chi connectivity index (χ1) is 17.0. The lowest BCUT2D eigenvalue weighted by atomic mass is 9.40. The number of ether oxygens (including phenoxy) is 3. The quantitative estimate of drug-likeness (QED) is 0.344. The van der Waals surface area contributed by atoms with Gasteiger partial charge in [-0.1, -0.05) is 32.4 Å². The van der Waals surface area contributed by atoms with E-state index in [9.17, 15) is 19.2 Å². The Bertz CT molecular complexity index is 1180. The fraction of sp³-hybridized carbons (Fsp3) is 0.643. The molecule has 2 saturated carbocycles. The lowest BCUT2D eigenvalue weighted by molar-refractivity contribution is -0.218. The van der Waals surface area contributed by atoms with E-state index in [1.165, 1.54) is 6.92 Å². The van der Waals surface area contributed by atoms with Gasteiger partial charge < -0.3 is 18.6 Å². The summed E-state index contributed by atoms with van der Waals surface area (Å²) in [6.45, 7) is 7.57. The number of ketones is 1. The van der Waals surface area contributed by atoms with E-state index in [0.717, 1.165) is 24.0 Å². The zero-order chi connectivity index (χ0) is 25.6. The molecule has 192 valence electrons. The molecule has 8 nitrogen and oxygen atoms in total. The molecule has 3 heterocycles. The third-order valence-corrected chi connectivity index (χ3v) is 10.3. The molecule has 1 aromatic rings. The molecule has 5 aliphatic rings. The van der Waals surface area contributed by atoms with Crippen LogP contribution >= 0.6 is 0 Å². The molecule has 0 aromatic carbocycles. The third kappa shape index (κ3) is 2.93. The first-order valence-electron chi connectivity index (χ1n) is 12.8. The Morgan fingerprint density at radius 1 is 1.06 bits per heavy atom. The zero-order valence-corrected chi connectivity index (χ0v) is 21.1. The molecule has 4 fully saturated rings. The Labute approximate surface area is 209 Å². The van der Waals surface area contributed by atoms with Gasteiger partial charge in [0, 0.05) is 28.7 Å². The van der Waals surface area contributed by atoms with Gasteiger partial charge in [-0.2, -0.15) is 0 Å². The van der Waals surface area contributed by atoms with Crippen LogP contribution in [0.3, 0.4) is 0 Å². The largest absolute Gasteiger partial charge is 0.472 e. The molecule has 6 rings (SSSR count). The van der Waals surface area contributed by atoms with E-state index in [1.807, 2.05) is 26.0 Å². The van der Waals surface area contributed by atoms with Gasteiger partial charge in [-0.3, -0.25) is 19.2 Å². The molecule has 0 amide bonds. The van der Waals surface area contributed by atoms with Crippen molar-refractivity contribution in [2.24, 2.45) is 39.9 Å². The molecule has 1 aromatic heterocycles. The van der Waals surface area contributed by atoms with Gasteiger partial charge in [0.1, 0.15) is 24.6 Å². The number of furan rings is 1. The zero-order valence-electron chi connectivity index (χ0n) is 21.1. The monoisotopic (exact) mass is 496 g/mol. The normalized spacial score (nSPS) is 45.3. The van der Waals surface area contributed by atoms with Crippen LogP contribution in [0.25, 0.3) is 0 Å². The minimum Gasteiger partial charge on any atom is -0.472 e. The first kappa shape index (κ1) is 23.5. The summed E-state index contributed by atoms with van der Waals surface area (Å²) in [6.07, 6.45) is 5.84. The second-order valence-corrected chi connectivity index (χ2v) is 12.1. The highest BCUT2D eigenvalue weighted by atomic mass is 16.6. The molecule has 2 saturated heterocycles. The van der Waals surface area contributed by atoms with E-state index in [0.29, 0.717) is 0 Å². The molecule has 9 atom stereocenters. The Kier molecular flexibility index (Phi) is 4.93. The van der Waals surface area contributed by atoms with Crippen molar-refractivity contribution in [2.75, 3.05) is 6.61 Å². The molecular weight excluding hydrogens is 464 g/mol. The number of Topliss-reactive ketones (excluding diaryl/α,β-unsaturated/α-hetero) is 1. The lowest BCUT2D eigenvalue weighted by Crippen LogP contribution is -2.69. The number of rotatable bonds is 2. The second kappa shape index (κ2) is 7.56. The standard InChI is InChI=1S/C28H32O8/c1-14(29)35-25-17-9-16-18(28(4,23(17)32)20-11-21(30)34-13-27(20,25)3)5-7-26(2)19(16)10-22(31)36-24(26)15-6-8-33-12-15/h6,8-9,12,17-20,24-25H,5,7,10-11,13H2,1-4H3/t17-,18+,19+,20+,24+,25-,26-,27+,28-/m1/s1. The number of fused-ring (bicyclic) bond motifs is 8. The predicted octanol–water partition coefficient (Wildman–Crippen LogP) is 3.95. The summed E-state index contributed by atoms with van der Waals surface area (Å²) in [7, 11) is 0. The van der Waals surface area contributed by atoms with Gasteiger partial charge in [0.05, 0.1) is 31.3 Å². The summed E-state index contributed by atoms with van der Waals surface area (Å²) >= 11 is 0. The van der Waals surface area contributed by atoms with Gasteiger partial charge in [-0.25, -0.2) is 0 Å². The van der Waals surface area contributed by atoms with Crippen LogP contribution in [0.4, 0.5) is 0 Å². The van der Waals surface area contributed by atoms with Crippen molar-refractivity contribution in [1.29, 1.82) is 0 Å². The summed E-state index contributed by atoms with van der Waals surface area (Å²) in [5.41, 5.74) is 0.0116. The van der Waals surface area contributed by atoms with E-state index < -0.39 is 34.9 Å². The highest BCUT2D eigenvalue weighted by molar-refractivity contribution is 5.94. The molecule has 36 heavy (non-hydrogen) atoms. The molecule has 0 spiro atoms. The van der Waals surface area contributed by atoms with Crippen LogP contribution < -0.4 is 0 Å². The van der Waals surface area contributed by atoms with Crippen molar-refractivity contribution >= 4 is 23.7 Å². The number of carbonyl (C=O) groups is 4. The number of carbonyl (C=O) groups excluding carboxylic acids is 4. The van der Waals surface area contributed by atoms with Crippen molar-refractivity contribution in [2.45, 2.75) is 65.6 Å². The Morgan fingerprint density at radius 2 is 1.83 bits per heavy atom. The topological polar surface area (TPSA) is 109 Å². The number of hydrogen-bond acceptors (Lipinski definition) is 8. The maximum Gasteiger partial charge on any atom is 0.307 e. The number of esters is 3. The maximum absolute atomic E-state index is 14.1. The predicted molar refractivity (Wildman–Crippen MR) is 124 cm³/mol. The fourth-order valence-corrected chi connectivity index (χ4v) is 8.54. The van der Waals surface area contributed by atoms with Crippen LogP contribution in [0.1, 0.15) is 65.0 Å². The van der Waals surface area contributed by atoms with Crippen LogP contribution in [-0.2, 0) is 33.4 Å². The Morgan fingerprint density at radius 3 is 2.53 bits per heavy atom. The second-order valence-electron chi connectivity index (χ2n) is 12.1. The third-order valence-electron chi connectivity index (χ3n) is 10.3. The van der Waals surface area contributed by atoms with Crippen molar-refractivity contribution in [1.82, 2.24) is 0 Å². The van der Waals surface area contributed by atoms with Gasteiger partial charge in [0.25, 0.3) is 0 Å². The van der Waals surface area contributed by atoms with Crippen LogP contribution in [-0.4, -0.2) is 36.4 Å². The summed E-state index contributed by atoms with van der Waals surface area (Å²) < 4.78 is 22.5.